The van der Waals surface area contributed by atoms with Gasteiger partial charge in [-0.2, -0.15) is 10.4 Å². The van der Waals surface area contributed by atoms with Gasteiger partial charge in [-0.25, -0.2) is 14.3 Å². The molecule has 2 N–H and O–H groups in total. The predicted molar refractivity (Wildman–Crippen MR) is 149 cm³/mol. The molecule has 13 nitrogen and oxygen atoms in total. The monoisotopic (exact) mass is 581 g/mol. The number of hydrogen-bond acceptors (Lipinski definition) is 11. The van der Waals surface area contributed by atoms with E-state index in [9.17, 15) is 9.59 Å². The van der Waals surface area contributed by atoms with Crippen molar-refractivity contribution in [3.63, 3.8) is 0 Å². The highest BCUT2D eigenvalue weighted by molar-refractivity contribution is 7.44. The van der Waals surface area contributed by atoms with E-state index in [-0.39, 0.29) is 61.5 Å². The third-order valence-corrected chi connectivity index (χ3v) is 7.89. The number of carbonyl (C=O) groups excluding carboxylic acids is 1. The summed E-state index contributed by atoms with van der Waals surface area (Å²) in [7, 11) is -0.325. The van der Waals surface area contributed by atoms with Crippen molar-refractivity contribution in [2.24, 2.45) is 0 Å². The summed E-state index contributed by atoms with van der Waals surface area (Å²) in [5, 5.41) is 18.4. The molecule has 0 bridgehead atoms. The van der Waals surface area contributed by atoms with E-state index in [0.29, 0.717) is 6.42 Å². The molecule has 0 spiro atoms. The smallest absolute Gasteiger partial charge is 0.302 e. The number of hydrogen-bond donors (Lipinski definition) is 2. The molecule has 0 radical (unpaired) electrons. The number of aliphatic hydroxyl groups excluding tert-OH is 1. The Kier molecular flexibility index (Phi) is 11.9. The largest absolute Gasteiger partial charge is 0.465 e. The van der Waals surface area contributed by atoms with Crippen molar-refractivity contribution in [3.05, 3.63) is 22.4 Å². The van der Waals surface area contributed by atoms with Crippen LogP contribution < -0.4 is 5.56 Å². The van der Waals surface area contributed by atoms with E-state index in [1.807, 2.05) is 27.7 Å². The molecule has 4 unspecified atom stereocenters. The number of esters is 1. The van der Waals surface area contributed by atoms with Gasteiger partial charge < -0.3 is 28.6 Å². The number of rotatable bonds is 13. The maximum Gasteiger partial charge on any atom is 0.302 e. The molecule has 3 rings (SSSR count). The van der Waals surface area contributed by atoms with Crippen LogP contribution in [0.3, 0.4) is 0 Å². The average molecular weight is 582 g/mol. The Balaban J connectivity index is 0.00000301. The van der Waals surface area contributed by atoms with E-state index in [4.69, 9.17) is 26.6 Å². The van der Waals surface area contributed by atoms with Crippen LogP contribution in [0.5, 0.6) is 0 Å². The van der Waals surface area contributed by atoms with E-state index < -0.39 is 38.5 Å². The average Bonchev–Trinajstić information content (AvgIpc) is 3.51. The first-order valence-electron chi connectivity index (χ1n) is 14.1. The summed E-state index contributed by atoms with van der Waals surface area (Å²) in [4.78, 5) is 30.5. The fraction of sp³-hybridized carbons (Fsp3) is 0.654. The van der Waals surface area contributed by atoms with Crippen molar-refractivity contribution >= 4 is 25.5 Å². The van der Waals surface area contributed by atoms with Gasteiger partial charge in [-0.1, -0.05) is 13.3 Å². The SMILES string of the molecule is [2H]OCC1OC(n2nc(C#CCCOC(C)=O)c3c(=O)[nH]cnc32)CC1OP(OCCC#N)N(C(C)C)C(C)C.[3H]C. The summed E-state index contributed by atoms with van der Waals surface area (Å²) in [6.07, 6.45) is 0.210. The lowest BCUT2D eigenvalue weighted by Gasteiger charge is -2.37. The molecular weight excluding hydrogens is 539 g/mol. The Morgan fingerprint density at radius 2 is 2.17 bits per heavy atom. The Bertz CT molecular complexity index is 1300. The highest BCUT2D eigenvalue weighted by Gasteiger charge is 2.42. The van der Waals surface area contributed by atoms with Gasteiger partial charge in [0.1, 0.15) is 18.1 Å². The molecule has 14 heteroatoms. The number of aromatic amines is 1. The van der Waals surface area contributed by atoms with E-state index >= 15 is 0 Å². The molecule has 40 heavy (non-hydrogen) atoms. The van der Waals surface area contributed by atoms with Crippen molar-refractivity contribution in [1.29, 1.82) is 6.69 Å². The standard InChI is InChI=1S/C25H35N6O7P.CH4/c1-16(2)31(17(3)4)39(36-12-8-10-26)38-20-13-22(37-21(20)14-32)30-24-23(25(34)28-15-27-24)19(29-30)9-6-7-11-35-18(5)33;/h15-17,20-22,32H,7-8,11-14H2,1-5H3,(H,27,28,34);1H4/i32D;1T. The second-order valence-electron chi connectivity index (χ2n) is 9.34. The van der Waals surface area contributed by atoms with Crippen LogP contribution in [0.25, 0.3) is 11.0 Å². The van der Waals surface area contributed by atoms with E-state index in [2.05, 4.69) is 42.8 Å². The lowest BCUT2D eigenvalue weighted by molar-refractivity contribution is -0.140. The number of aromatic nitrogens is 4. The summed E-state index contributed by atoms with van der Waals surface area (Å²) in [5.74, 6) is 5.34. The molecule has 0 saturated carbocycles. The molecule has 1 aliphatic heterocycles. The molecule has 1 saturated heterocycles. The predicted octanol–water partition coefficient (Wildman–Crippen LogP) is 3.00. The second-order valence-corrected chi connectivity index (χ2v) is 10.7. The number of nitrogens with one attached hydrogen (secondary N) is 1. The van der Waals surface area contributed by atoms with Gasteiger partial charge >= 0.3 is 5.97 Å². The Hall–Kier alpha value is -2.90. The zero-order valence-electron chi connectivity index (χ0n) is 25.7. The molecule has 0 aromatic carbocycles. The van der Waals surface area contributed by atoms with Crippen LogP contribution in [-0.2, 0) is 23.3 Å². The van der Waals surface area contributed by atoms with Crippen LogP contribution >= 0.6 is 8.53 Å². The van der Waals surface area contributed by atoms with Crippen molar-refractivity contribution in [1.82, 2.24) is 24.4 Å². The van der Waals surface area contributed by atoms with Gasteiger partial charge in [-0.15, -0.1) is 0 Å². The number of nitrogens with zero attached hydrogens (tertiary/aromatic N) is 5. The highest BCUT2D eigenvalue weighted by atomic mass is 31.2. The molecule has 1 fully saturated rings. The minimum absolute atomic E-state index is 0.0675. The van der Waals surface area contributed by atoms with Gasteiger partial charge in [0.05, 0.1) is 38.1 Å². The van der Waals surface area contributed by atoms with Gasteiger partial charge in [0.25, 0.3) is 14.1 Å². The highest BCUT2D eigenvalue weighted by Crippen LogP contribution is 2.50. The van der Waals surface area contributed by atoms with Crippen LogP contribution in [-0.4, -0.2) is 81.0 Å². The number of H-pyrrole nitrogens is 1. The first-order chi connectivity index (χ1) is 20.2. The Morgan fingerprint density at radius 1 is 1.43 bits per heavy atom. The van der Waals surface area contributed by atoms with Gasteiger partial charge in [-0.05, 0) is 33.6 Å². The van der Waals surface area contributed by atoms with Crippen LogP contribution in [0.1, 0.15) is 74.6 Å². The van der Waals surface area contributed by atoms with Gasteiger partial charge in [0, 0.05) is 33.2 Å². The van der Waals surface area contributed by atoms with Crippen LogP contribution in [0.15, 0.2) is 11.1 Å². The zero-order valence-corrected chi connectivity index (χ0v) is 24.6. The molecule has 4 atom stereocenters. The molecule has 1 aliphatic rings. The lowest BCUT2D eigenvalue weighted by Crippen LogP contribution is -2.36. The summed E-state index contributed by atoms with van der Waals surface area (Å²) < 4.78 is 40.3. The van der Waals surface area contributed by atoms with Gasteiger partial charge in [-0.3, -0.25) is 9.59 Å². The lowest BCUT2D eigenvalue weighted by atomic mass is 10.2. The molecular formula is C26H39N6O7P. The number of aliphatic hydroxyl groups is 1. The van der Waals surface area contributed by atoms with Crippen molar-refractivity contribution in [3.8, 4) is 17.9 Å². The molecule has 0 aliphatic carbocycles. The number of carbonyl (C=O) groups is 1. The maximum absolute atomic E-state index is 12.7. The minimum atomic E-state index is -1.58. The topological polar surface area (TPSA) is 165 Å². The van der Waals surface area contributed by atoms with Gasteiger partial charge in [0.15, 0.2) is 17.6 Å². The Morgan fingerprint density at radius 3 is 2.83 bits per heavy atom. The normalized spacial score (nSPS) is 19.9. The number of fused-ring (bicyclic) bond motifs is 1. The second kappa shape index (κ2) is 15.8. The summed E-state index contributed by atoms with van der Waals surface area (Å²) in [6, 6.07) is 2.29. The fourth-order valence-electron chi connectivity index (χ4n) is 4.18. The third kappa shape index (κ3) is 8.31. The van der Waals surface area contributed by atoms with Crippen LogP contribution in [0.4, 0.5) is 0 Å². The van der Waals surface area contributed by atoms with Crippen molar-refractivity contribution < 1.29 is 29.8 Å². The molecule has 220 valence electrons. The van der Waals surface area contributed by atoms with Crippen molar-refractivity contribution in [2.45, 2.75) is 91.8 Å². The molecule has 0 amide bonds. The number of ether oxygens (including phenoxy) is 2. The van der Waals surface area contributed by atoms with E-state index in [1.54, 1.807) is 0 Å². The van der Waals surface area contributed by atoms with Crippen LogP contribution in [0.2, 0.25) is 0 Å². The molecule has 3 heterocycles. The maximum atomic E-state index is 12.7. The van der Waals surface area contributed by atoms with E-state index in [1.165, 1.54) is 25.3 Å². The third-order valence-electron chi connectivity index (χ3n) is 5.74. The first kappa shape index (κ1) is 30.1. The Labute approximate surface area is 238 Å². The van der Waals surface area contributed by atoms with Gasteiger partial charge in [0.2, 0.25) is 1.43 Å². The molecule has 2 aromatic rings. The van der Waals surface area contributed by atoms with E-state index in [0.717, 1.165) is 0 Å². The van der Waals surface area contributed by atoms with Crippen LogP contribution in [0, 0.1) is 23.2 Å². The first-order valence-corrected chi connectivity index (χ1v) is 13.9. The minimum Gasteiger partial charge on any atom is -0.465 e. The number of nitriles is 1. The summed E-state index contributed by atoms with van der Waals surface area (Å²) >= 11 is 0. The van der Waals surface area contributed by atoms with Crippen molar-refractivity contribution in [2.75, 3.05) is 19.8 Å². The summed E-state index contributed by atoms with van der Waals surface area (Å²) in [6.45, 7) is 9.75. The fourth-order valence-corrected chi connectivity index (χ4v) is 5.94. The quantitative estimate of drug-likeness (QED) is 0.155. The zero-order chi connectivity index (χ0) is 31.2. The summed E-state index contributed by atoms with van der Waals surface area (Å²) in [5.41, 5.74) is 0.0837. The molecule has 2 aromatic heterocycles.